The maximum atomic E-state index is 6.22. The van der Waals surface area contributed by atoms with Gasteiger partial charge in [0.05, 0.1) is 12.8 Å². The lowest BCUT2D eigenvalue weighted by Gasteiger charge is -2.52. The van der Waals surface area contributed by atoms with Gasteiger partial charge in [0.25, 0.3) is 0 Å². The van der Waals surface area contributed by atoms with E-state index in [0.29, 0.717) is 5.92 Å². The van der Waals surface area contributed by atoms with Gasteiger partial charge in [0.15, 0.2) is 0 Å². The van der Waals surface area contributed by atoms with Crippen LogP contribution in [0.1, 0.15) is 45.8 Å². The van der Waals surface area contributed by atoms with E-state index in [-0.39, 0.29) is 5.54 Å². The molecule has 0 saturated heterocycles. The summed E-state index contributed by atoms with van der Waals surface area (Å²) in [5.74, 6) is 2.43. The Morgan fingerprint density at radius 1 is 1.47 bits per heavy atom. The highest BCUT2D eigenvalue weighted by atomic mass is 16.3. The fourth-order valence-corrected chi connectivity index (χ4v) is 3.78. The van der Waals surface area contributed by atoms with Crippen LogP contribution in [0.15, 0.2) is 22.8 Å². The minimum Gasteiger partial charge on any atom is -0.468 e. The Morgan fingerprint density at radius 2 is 2.26 bits per heavy atom. The number of furan rings is 1. The molecule has 3 atom stereocenters. The molecule has 3 heteroatoms. The molecule has 1 saturated carbocycles. The molecule has 1 aliphatic carbocycles. The van der Waals surface area contributed by atoms with Crippen molar-refractivity contribution in [3.8, 4) is 0 Å². The molecular formula is C16H28N2O. The van der Waals surface area contributed by atoms with Gasteiger partial charge in [0.1, 0.15) is 5.76 Å². The molecule has 0 spiro atoms. The molecule has 0 aromatic carbocycles. The number of rotatable bonds is 5. The average molecular weight is 264 g/mol. The Hall–Kier alpha value is -0.800. The lowest BCUT2D eigenvalue weighted by molar-refractivity contribution is -0.0168. The van der Waals surface area contributed by atoms with Crippen LogP contribution >= 0.6 is 0 Å². The zero-order valence-corrected chi connectivity index (χ0v) is 12.6. The highest BCUT2D eigenvalue weighted by molar-refractivity contribution is 5.04. The summed E-state index contributed by atoms with van der Waals surface area (Å²) < 4.78 is 5.53. The van der Waals surface area contributed by atoms with Crippen molar-refractivity contribution in [2.75, 3.05) is 13.1 Å². The summed E-state index contributed by atoms with van der Waals surface area (Å²) in [5, 5.41) is 0. The van der Waals surface area contributed by atoms with Crippen molar-refractivity contribution in [3.05, 3.63) is 24.2 Å². The number of likely N-dealkylation sites (N-methyl/N-ethyl adjacent to an activating group) is 1. The standard InChI is InChI=1S/C16H28N2O/c1-4-18(11-15-8-6-10-19-15)16(12-17)9-5-7-13(2)14(16)3/h6,8,10,13-14H,4-5,7,9,11-12,17H2,1-3H3. The number of nitrogens with zero attached hydrogens (tertiary/aromatic N) is 1. The first kappa shape index (κ1) is 14.6. The molecular weight excluding hydrogens is 236 g/mol. The third-order valence-electron chi connectivity index (χ3n) is 5.26. The zero-order chi connectivity index (χ0) is 13.9. The van der Waals surface area contributed by atoms with E-state index in [2.05, 4.69) is 31.7 Å². The number of hydrogen-bond donors (Lipinski definition) is 1. The Balaban J connectivity index is 2.21. The highest BCUT2D eigenvalue weighted by Crippen LogP contribution is 2.41. The molecule has 0 aliphatic heterocycles. The topological polar surface area (TPSA) is 42.4 Å². The molecule has 1 fully saturated rings. The molecule has 0 radical (unpaired) electrons. The lowest BCUT2D eigenvalue weighted by atomic mass is 9.67. The Morgan fingerprint density at radius 3 is 2.84 bits per heavy atom. The van der Waals surface area contributed by atoms with Crippen LogP contribution in [0, 0.1) is 11.8 Å². The summed E-state index contributed by atoms with van der Waals surface area (Å²) in [6, 6.07) is 4.02. The van der Waals surface area contributed by atoms with E-state index >= 15 is 0 Å². The first-order valence-electron chi connectivity index (χ1n) is 7.61. The second-order valence-electron chi connectivity index (χ2n) is 6.06. The molecule has 2 N–H and O–H groups in total. The van der Waals surface area contributed by atoms with Gasteiger partial charge in [-0.05, 0) is 36.9 Å². The van der Waals surface area contributed by atoms with E-state index in [0.717, 1.165) is 31.3 Å². The maximum absolute atomic E-state index is 6.22. The normalized spacial score (nSPS) is 31.8. The molecule has 0 amide bonds. The fourth-order valence-electron chi connectivity index (χ4n) is 3.78. The summed E-state index contributed by atoms with van der Waals surface area (Å²) in [4.78, 5) is 2.53. The molecule has 1 aromatic heterocycles. The Bertz CT molecular complexity index is 376. The molecule has 108 valence electrons. The molecule has 1 heterocycles. The van der Waals surface area contributed by atoms with E-state index in [4.69, 9.17) is 10.2 Å². The second kappa shape index (κ2) is 6.10. The van der Waals surface area contributed by atoms with Gasteiger partial charge in [-0.2, -0.15) is 0 Å². The molecule has 0 bridgehead atoms. The summed E-state index contributed by atoms with van der Waals surface area (Å²) in [6.07, 6.45) is 5.59. The number of hydrogen-bond acceptors (Lipinski definition) is 3. The summed E-state index contributed by atoms with van der Waals surface area (Å²) in [7, 11) is 0. The van der Waals surface area contributed by atoms with Gasteiger partial charge in [-0.1, -0.05) is 33.6 Å². The van der Waals surface area contributed by atoms with E-state index in [9.17, 15) is 0 Å². The van der Waals surface area contributed by atoms with Crippen molar-refractivity contribution in [2.24, 2.45) is 17.6 Å². The third kappa shape index (κ3) is 2.72. The van der Waals surface area contributed by atoms with E-state index in [1.165, 1.54) is 19.3 Å². The Labute approximate surface area is 117 Å². The third-order valence-corrected chi connectivity index (χ3v) is 5.26. The first-order valence-corrected chi connectivity index (χ1v) is 7.61. The van der Waals surface area contributed by atoms with Crippen LogP contribution in [0.4, 0.5) is 0 Å². The van der Waals surface area contributed by atoms with Crippen LogP contribution in [0.2, 0.25) is 0 Å². The zero-order valence-electron chi connectivity index (χ0n) is 12.6. The molecule has 3 nitrogen and oxygen atoms in total. The summed E-state index contributed by atoms with van der Waals surface area (Å²) in [6.45, 7) is 9.61. The van der Waals surface area contributed by atoms with Gasteiger partial charge in [-0.15, -0.1) is 0 Å². The molecule has 1 aliphatic rings. The molecule has 2 rings (SSSR count). The van der Waals surface area contributed by atoms with E-state index in [1.54, 1.807) is 6.26 Å². The first-order chi connectivity index (χ1) is 9.14. The molecule has 1 aromatic rings. The number of nitrogens with two attached hydrogens (primary N) is 1. The van der Waals surface area contributed by atoms with Gasteiger partial charge in [-0.25, -0.2) is 0 Å². The predicted molar refractivity (Wildman–Crippen MR) is 78.8 cm³/mol. The van der Waals surface area contributed by atoms with Gasteiger partial charge in [0.2, 0.25) is 0 Å². The minimum atomic E-state index is 0.138. The predicted octanol–water partition coefficient (Wildman–Crippen LogP) is 3.26. The molecule has 19 heavy (non-hydrogen) atoms. The van der Waals surface area contributed by atoms with Crippen LogP contribution in [0.5, 0.6) is 0 Å². The minimum absolute atomic E-state index is 0.138. The second-order valence-corrected chi connectivity index (χ2v) is 6.06. The maximum Gasteiger partial charge on any atom is 0.117 e. The molecule has 3 unspecified atom stereocenters. The van der Waals surface area contributed by atoms with Crippen LogP contribution in [0.25, 0.3) is 0 Å². The smallest absolute Gasteiger partial charge is 0.117 e. The largest absolute Gasteiger partial charge is 0.468 e. The van der Waals surface area contributed by atoms with E-state index in [1.807, 2.05) is 6.07 Å². The average Bonchev–Trinajstić information content (AvgIpc) is 2.93. The van der Waals surface area contributed by atoms with Crippen LogP contribution in [-0.2, 0) is 6.54 Å². The van der Waals surface area contributed by atoms with Crippen LogP contribution in [0.3, 0.4) is 0 Å². The van der Waals surface area contributed by atoms with Crippen molar-refractivity contribution in [1.82, 2.24) is 4.90 Å². The van der Waals surface area contributed by atoms with Gasteiger partial charge in [0, 0.05) is 12.1 Å². The van der Waals surface area contributed by atoms with Gasteiger partial charge in [-0.3, -0.25) is 4.90 Å². The summed E-state index contributed by atoms with van der Waals surface area (Å²) in [5.41, 5.74) is 6.36. The van der Waals surface area contributed by atoms with E-state index < -0.39 is 0 Å². The van der Waals surface area contributed by atoms with Crippen molar-refractivity contribution in [2.45, 2.75) is 52.1 Å². The van der Waals surface area contributed by atoms with Crippen molar-refractivity contribution in [1.29, 1.82) is 0 Å². The lowest BCUT2D eigenvalue weighted by Crippen LogP contribution is -2.60. The van der Waals surface area contributed by atoms with Crippen molar-refractivity contribution >= 4 is 0 Å². The Kier molecular flexibility index (Phi) is 4.69. The monoisotopic (exact) mass is 264 g/mol. The van der Waals surface area contributed by atoms with Gasteiger partial charge >= 0.3 is 0 Å². The fraction of sp³-hybridized carbons (Fsp3) is 0.750. The van der Waals surface area contributed by atoms with Crippen LogP contribution in [-0.4, -0.2) is 23.5 Å². The van der Waals surface area contributed by atoms with Crippen molar-refractivity contribution in [3.63, 3.8) is 0 Å². The quantitative estimate of drug-likeness (QED) is 0.887. The van der Waals surface area contributed by atoms with Crippen molar-refractivity contribution < 1.29 is 4.42 Å². The van der Waals surface area contributed by atoms with Crippen LogP contribution < -0.4 is 5.73 Å². The highest BCUT2D eigenvalue weighted by Gasteiger charge is 2.44. The summed E-state index contributed by atoms with van der Waals surface area (Å²) >= 11 is 0. The SMILES string of the molecule is CCN(Cc1ccco1)C1(CN)CCCC(C)C1C. The van der Waals surface area contributed by atoms with Gasteiger partial charge < -0.3 is 10.2 Å².